The maximum absolute atomic E-state index is 12.5. The molecule has 1 aliphatic carbocycles. The molecule has 1 atom stereocenters. The number of hydrogen-bond donors (Lipinski definition) is 2. The van der Waals surface area contributed by atoms with Gasteiger partial charge in [-0.1, -0.05) is 42.5 Å². The molecule has 1 aliphatic rings. The van der Waals surface area contributed by atoms with Gasteiger partial charge in [-0.05, 0) is 25.0 Å². The van der Waals surface area contributed by atoms with Gasteiger partial charge in [0.15, 0.2) is 0 Å². The summed E-state index contributed by atoms with van der Waals surface area (Å²) in [5.41, 5.74) is 0.274. The molecule has 0 radical (unpaired) electrons. The number of fused-ring (bicyclic) bond motifs is 1. The van der Waals surface area contributed by atoms with Crippen LogP contribution < -0.4 is 10.9 Å². The zero-order valence-corrected chi connectivity index (χ0v) is 14.9. The van der Waals surface area contributed by atoms with Crippen LogP contribution in [0.5, 0.6) is 0 Å². The number of halogens is 2. The van der Waals surface area contributed by atoms with Gasteiger partial charge in [0.1, 0.15) is 0 Å². The molecule has 0 aliphatic heterocycles. The minimum absolute atomic E-state index is 0.196. The molecule has 0 unspecified atom stereocenters. The quantitative estimate of drug-likeness (QED) is 0.849. The van der Waals surface area contributed by atoms with Gasteiger partial charge in [0.05, 0.1) is 39.9 Å². The second-order valence-electron chi connectivity index (χ2n) is 6.38. The minimum Gasteiger partial charge on any atom is -0.390 e. The summed E-state index contributed by atoms with van der Waals surface area (Å²) in [6.45, 7) is 0.665. The van der Waals surface area contributed by atoms with Crippen LogP contribution in [0.1, 0.15) is 32.1 Å². The molecule has 130 valence electrons. The van der Waals surface area contributed by atoms with E-state index in [9.17, 15) is 9.90 Å². The standard InChI is InChI=1S/C17H21Cl2N3O2/c18-14-6-13-16(7-15(14)19)21-10-22(17(13)24)9-12(23)8-20-11-4-2-1-3-5-11/h6-7,10-12,20,23H,1-5,8-9H2/t12-/m0/s1. The first-order valence-corrected chi connectivity index (χ1v) is 9.06. The highest BCUT2D eigenvalue weighted by Gasteiger charge is 2.15. The van der Waals surface area contributed by atoms with Gasteiger partial charge < -0.3 is 10.4 Å². The Hall–Kier alpha value is -1.14. The molecule has 2 N–H and O–H groups in total. The molecule has 1 fully saturated rings. The van der Waals surface area contributed by atoms with Crippen LogP contribution in [0, 0.1) is 0 Å². The van der Waals surface area contributed by atoms with E-state index in [1.807, 2.05) is 0 Å². The molecule has 3 rings (SSSR count). The van der Waals surface area contributed by atoms with Crippen molar-refractivity contribution in [2.24, 2.45) is 0 Å². The van der Waals surface area contributed by atoms with Crippen molar-refractivity contribution < 1.29 is 5.11 Å². The number of benzene rings is 1. The van der Waals surface area contributed by atoms with Crippen LogP contribution in [-0.4, -0.2) is 33.3 Å². The Kier molecular flexibility index (Phi) is 5.76. The average molecular weight is 370 g/mol. The number of nitrogens with zero attached hydrogens (tertiary/aromatic N) is 2. The molecular weight excluding hydrogens is 349 g/mol. The first-order chi connectivity index (χ1) is 11.5. The van der Waals surface area contributed by atoms with Crippen molar-refractivity contribution in [2.45, 2.75) is 50.8 Å². The molecule has 1 heterocycles. The Morgan fingerprint density at radius 1 is 1.25 bits per heavy atom. The van der Waals surface area contributed by atoms with E-state index in [-0.39, 0.29) is 12.1 Å². The lowest BCUT2D eigenvalue weighted by atomic mass is 9.95. The molecule has 24 heavy (non-hydrogen) atoms. The topological polar surface area (TPSA) is 67.2 Å². The Bertz CT molecular complexity index is 772. The summed E-state index contributed by atoms with van der Waals surface area (Å²) in [4.78, 5) is 16.8. The number of aromatic nitrogens is 2. The summed E-state index contributed by atoms with van der Waals surface area (Å²) in [7, 11) is 0. The van der Waals surface area contributed by atoms with Crippen LogP contribution in [-0.2, 0) is 6.54 Å². The van der Waals surface area contributed by atoms with Gasteiger partial charge >= 0.3 is 0 Å². The van der Waals surface area contributed by atoms with Crippen molar-refractivity contribution in [1.82, 2.24) is 14.9 Å². The number of aliphatic hydroxyl groups excluding tert-OH is 1. The van der Waals surface area contributed by atoms with E-state index < -0.39 is 6.10 Å². The predicted molar refractivity (Wildman–Crippen MR) is 96.9 cm³/mol. The average Bonchev–Trinajstić information content (AvgIpc) is 2.58. The van der Waals surface area contributed by atoms with Crippen molar-refractivity contribution in [2.75, 3.05) is 6.54 Å². The van der Waals surface area contributed by atoms with Crippen molar-refractivity contribution in [3.8, 4) is 0 Å². The number of hydrogen-bond acceptors (Lipinski definition) is 4. The van der Waals surface area contributed by atoms with Crippen LogP contribution in [0.15, 0.2) is 23.3 Å². The minimum atomic E-state index is -0.647. The van der Waals surface area contributed by atoms with Crippen molar-refractivity contribution in [3.05, 3.63) is 38.9 Å². The normalized spacial score (nSPS) is 17.3. The van der Waals surface area contributed by atoms with Gasteiger partial charge in [0.2, 0.25) is 0 Å². The lowest BCUT2D eigenvalue weighted by molar-refractivity contribution is 0.142. The predicted octanol–water partition coefficient (Wildman–Crippen LogP) is 2.99. The summed E-state index contributed by atoms with van der Waals surface area (Å²) in [6.07, 6.45) is 6.89. The third-order valence-electron chi connectivity index (χ3n) is 4.52. The highest BCUT2D eigenvalue weighted by Crippen LogP contribution is 2.25. The Morgan fingerprint density at radius 3 is 2.71 bits per heavy atom. The maximum atomic E-state index is 12.5. The van der Waals surface area contributed by atoms with Crippen LogP contribution in [0.2, 0.25) is 10.0 Å². The summed E-state index contributed by atoms with van der Waals surface area (Å²) in [5, 5.41) is 14.7. The summed E-state index contributed by atoms with van der Waals surface area (Å²) >= 11 is 11.9. The van der Waals surface area contributed by atoms with Gasteiger partial charge in [0.25, 0.3) is 5.56 Å². The molecule has 0 spiro atoms. The Balaban J connectivity index is 1.69. The highest BCUT2D eigenvalue weighted by atomic mass is 35.5. The molecule has 2 aromatic rings. The smallest absolute Gasteiger partial charge is 0.261 e. The van der Waals surface area contributed by atoms with Gasteiger partial charge in [0, 0.05) is 12.6 Å². The Morgan fingerprint density at radius 2 is 1.96 bits per heavy atom. The van der Waals surface area contributed by atoms with Gasteiger partial charge in [-0.3, -0.25) is 9.36 Å². The second kappa shape index (κ2) is 7.83. The van der Waals surface area contributed by atoms with Gasteiger partial charge in [-0.2, -0.15) is 0 Å². The lowest BCUT2D eigenvalue weighted by Gasteiger charge is -2.24. The maximum Gasteiger partial charge on any atom is 0.261 e. The van der Waals surface area contributed by atoms with E-state index in [1.165, 1.54) is 36.2 Å². The summed E-state index contributed by atoms with van der Waals surface area (Å²) in [5.74, 6) is 0. The Labute approximate surface area is 150 Å². The fourth-order valence-electron chi connectivity index (χ4n) is 3.18. The fraction of sp³-hybridized carbons (Fsp3) is 0.529. The van der Waals surface area contributed by atoms with E-state index in [0.29, 0.717) is 33.5 Å². The van der Waals surface area contributed by atoms with Crippen LogP contribution in [0.4, 0.5) is 0 Å². The molecular formula is C17H21Cl2N3O2. The van der Waals surface area contributed by atoms with Crippen molar-refractivity contribution in [1.29, 1.82) is 0 Å². The van der Waals surface area contributed by atoms with Crippen molar-refractivity contribution >= 4 is 34.1 Å². The van der Waals surface area contributed by atoms with Gasteiger partial charge in [-0.25, -0.2) is 4.98 Å². The molecule has 0 bridgehead atoms. The molecule has 7 heteroatoms. The monoisotopic (exact) mass is 369 g/mol. The fourth-order valence-corrected chi connectivity index (χ4v) is 3.51. The largest absolute Gasteiger partial charge is 0.390 e. The van der Waals surface area contributed by atoms with E-state index in [1.54, 1.807) is 6.07 Å². The molecule has 1 aromatic carbocycles. The number of rotatable bonds is 5. The van der Waals surface area contributed by atoms with E-state index in [2.05, 4.69) is 10.3 Å². The van der Waals surface area contributed by atoms with E-state index in [0.717, 1.165) is 12.8 Å². The molecule has 5 nitrogen and oxygen atoms in total. The van der Waals surface area contributed by atoms with Crippen molar-refractivity contribution in [3.63, 3.8) is 0 Å². The van der Waals surface area contributed by atoms with Crippen LogP contribution in [0.25, 0.3) is 10.9 Å². The highest BCUT2D eigenvalue weighted by molar-refractivity contribution is 6.42. The second-order valence-corrected chi connectivity index (χ2v) is 7.20. The third kappa shape index (κ3) is 4.09. The first-order valence-electron chi connectivity index (χ1n) is 8.30. The van der Waals surface area contributed by atoms with Crippen LogP contribution in [0.3, 0.4) is 0 Å². The van der Waals surface area contributed by atoms with E-state index in [4.69, 9.17) is 23.2 Å². The summed E-state index contributed by atoms with van der Waals surface area (Å²) < 4.78 is 1.42. The molecule has 0 saturated heterocycles. The molecule has 1 aromatic heterocycles. The van der Waals surface area contributed by atoms with Crippen LogP contribution >= 0.6 is 23.2 Å². The first kappa shape index (κ1) is 17.7. The SMILES string of the molecule is O=c1c2cc(Cl)c(Cl)cc2ncn1C[C@@H](O)CNC1CCCCC1. The third-order valence-corrected chi connectivity index (χ3v) is 5.24. The zero-order valence-electron chi connectivity index (χ0n) is 13.3. The number of aliphatic hydroxyl groups is 1. The number of nitrogens with one attached hydrogen (secondary N) is 1. The van der Waals surface area contributed by atoms with Gasteiger partial charge in [-0.15, -0.1) is 0 Å². The lowest BCUT2D eigenvalue weighted by Crippen LogP contribution is -2.39. The van der Waals surface area contributed by atoms with E-state index >= 15 is 0 Å². The summed E-state index contributed by atoms with van der Waals surface area (Å²) in [6, 6.07) is 3.57. The zero-order chi connectivity index (χ0) is 17.1. The molecule has 1 saturated carbocycles. The molecule has 0 amide bonds.